The van der Waals surface area contributed by atoms with Gasteiger partial charge in [0.15, 0.2) is 0 Å². The lowest BCUT2D eigenvalue weighted by Gasteiger charge is -2.04. The number of carboxylic acids is 1. The number of ether oxygens (including phenoxy) is 2. The van der Waals surface area contributed by atoms with Crippen molar-refractivity contribution in [3.8, 4) is 0 Å². The van der Waals surface area contributed by atoms with Crippen LogP contribution in [0.3, 0.4) is 0 Å². The summed E-state index contributed by atoms with van der Waals surface area (Å²) in [7, 11) is 0. The first-order valence-corrected chi connectivity index (χ1v) is 7.94. The summed E-state index contributed by atoms with van der Waals surface area (Å²) in [6.07, 6.45) is 1.19. The average molecular weight is 376 g/mol. The van der Waals surface area contributed by atoms with Crippen LogP contribution < -0.4 is 0 Å². The van der Waals surface area contributed by atoms with Gasteiger partial charge in [0.2, 0.25) is 0 Å². The molecule has 146 valence electrons. The monoisotopic (exact) mass is 376 g/mol. The van der Waals surface area contributed by atoms with Crippen LogP contribution >= 0.6 is 0 Å². The van der Waals surface area contributed by atoms with Crippen molar-refractivity contribution in [2.75, 3.05) is 13.2 Å². The number of hydrogen-bond donors (Lipinski definition) is 2. The summed E-state index contributed by atoms with van der Waals surface area (Å²) in [6.45, 7) is 9.81. The van der Waals surface area contributed by atoms with Crippen molar-refractivity contribution in [1.29, 1.82) is 0 Å². The van der Waals surface area contributed by atoms with Crippen LogP contribution in [0.2, 0.25) is 0 Å². The molecule has 2 N–H and O–H groups in total. The van der Waals surface area contributed by atoms with Gasteiger partial charge in [0, 0.05) is 11.1 Å². The SMILES string of the molecule is C=C(C)C(=O)OCCO.C=C(C=C(C)C(=O)O)C(=O)OCc1ccccc1. The second kappa shape index (κ2) is 13.1. The number of aliphatic hydroxyl groups is 1. The average Bonchev–Trinajstić information content (AvgIpc) is 2.65. The Labute approximate surface area is 158 Å². The van der Waals surface area contributed by atoms with Gasteiger partial charge in [-0.25, -0.2) is 14.4 Å². The van der Waals surface area contributed by atoms with Crippen molar-refractivity contribution >= 4 is 17.9 Å². The molecule has 1 aromatic carbocycles. The third kappa shape index (κ3) is 11.1. The molecule has 0 saturated carbocycles. The lowest BCUT2D eigenvalue weighted by atomic mass is 10.2. The Morgan fingerprint density at radius 2 is 1.63 bits per heavy atom. The molecule has 1 rings (SSSR count). The van der Waals surface area contributed by atoms with Crippen molar-refractivity contribution < 1.29 is 34.1 Å². The van der Waals surface area contributed by atoms with Gasteiger partial charge in [-0.3, -0.25) is 0 Å². The molecule has 0 fully saturated rings. The maximum absolute atomic E-state index is 11.5. The molecule has 0 aliphatic heterocycles. The molecule has 0 aliphatic rings. The summed E-state index contributed by atoms with van der Waals surface area (Å²) in [5, 5.41) is 16.8. The summed E-state index contributed by atoms with van der Waals surface area (Å²) in [5.74, 6) is -2.17. The second-order valence-corrected chi connectivity index (χ2v) is 5.36. The highest BCUT2D eigenvalue weighted by Gasteiger charge is 2.09. The van der Waals surface area contributed by atoms with Gasteiger partial charge in [-0.15, -0.1) is 0 Å². The van der Waals surface area contributed by atoms with Gasteiger partial charge in [0.05, 0.1) is 12.2 Å². The third-order valence-electron chi connectivity index (χ3n) is 2.88. The van der Waals surface area contributed by atoms with Crippen LogP contribution in [0.25, 0.3) is 0 Å². The van der Waals surface area contributed by atoms with E-state index in [1.165, 1.54) is 13.0 Å². The summed E-state index contributed by atoms with van der Waals surface area (Å²) >= 11 is 0. The first-order valence-electron chi connectivity index (χ1n) is 7.94. The molecule has 0 aliphatic carbocycles. The van der Waals surface area contributed by atoms with Gasteiger partial charge in [-0.2, -0.15) is 0 Å². The number of carbonyl (C=O) groups excluding carboxylic acids is 2. The topological polar surface area (TPSA) is 110 Å². The van der Waals surface area contributed by atoms with Crippen LogP contribution in [0, 0.1) is 0 Å². The smallest absolute Gasteiger partial charge is 0.337 e. The first-order chi connectivity index (χ1) is 12.7. The van der Waals surface area contributed by atoms with E-state index in [9.17, 15) is 14.4 Å². The lowest BCUT2D eigenvalue weighted by molar-refractivity contribution is -0.140. The molecule has 1 aromatic rings. The predicted octanol–water partition coefficient (Wildman–Crippen LogP) is 2.41. The Morgan fingerprint density at radius 3 is 2.11 bits per heavy atom. The van der Waals surface area contributed by atoms with Crippen molar-refractivity contribution in [3.63, 3.8) is 0 Å². The van der Waals surface area contributed by atoms with E-state index >= 15 is 0 Å². The fourth-order valence-corrected chi connectivity index (χ4v) is 1.46. The number of rotatable bonds is 8. The zero-order valence-corrected chi connectivity index (χ0v) is 15.4. The lowest BCUT2D eigenvalue weighted by Crippen LogP contribution is -2.08. The van der Waals surface area contributed by atoms with Crippen molar-refractivity contribution in [1.82, 2.24) is 0 Å². The molecule has 0 radical (unpaired) electrons. The molecule has 0 saturated heterocycles. The summed E-state index contributed by atoms with van der Waals surface area (Å²) < 4.78 is 9.46. The first kappa shape index (κ1) is 23.8. The van der Waals surface area contributed by atoms with Crippen LogP contribution in [0.1, 0.15) is 19.4 Å². The van der Waals surface area contributed by atoms with E-state index in [-0.39, 0.29) is 31.0 Å². The minimum atomic E-state index is -1.09. The molecule has 7 heteroatoms. The Morgan fingerprint density at radius 1 is 1.04 bits per heavy atom. The van der Waals surface area contributed by atoms with Crippen LogP contribution in [0.15, 0.2) is 66.3 Å². The molecular weight excluding hydrogens is 352 g/mol. The third-order valence-corrected chi connectivity index (χ3v) is 2.88. The summed E-state index contributed by atoms with van der Waals surface area (Å²) in [4.78, 5) is 32.6. The van der Waals surface area contributed by atoms with Crippen molar-refractivity contribution in [3.05, 3.63) is 71.8 Å². The zero-order valence-electron chi connectivity index (χ0n) is 15.4. The fourth-order valence-electron chi connectivity index (χ4n) is 1.46. The zero-order chi connectivity index (χ0) is 20.8. The molecular formula is C20H24O7. The Hall–Kier alpha value is -3.19. The Balaban J connectivity index is 0.000000636. The van der Waals surface area contributed by atoms with Gasteiger partial charge >= 0.3 is 17.9 Å². The van der Waals surface area contributed by atoms with Crippen molar-refractivity contribution in [2.45, 2.75) is 20.5 Å². The highest BCUT2D eigenvalue weighted by molar-refractivity contribution is 5.94. The molecule has 7 nitrogen and oxygen atoms in total. The standard InChI is InChI=1S/C14H14O4.C6H10O3/c1-10(13(15)16)8-11(2)14(17)18-9-12-6-4-3-5-7-12;1-5(2)6(8)9-4-3-7/h3-8H,2,9H2,1H3,(H,15,16);7H,1,3-4H2,2H3. The molecule has 0 atom stereocenters. The van der Waals surface area contributed by atoms with E-state index in [1.807, 2.05) is 30.3 Å². The van der Waals surface area contributed by atoms with Crippen molar-refractivity contribution in [2.24, 2.45) is 0 Å². The molecule has 0 unspecified atom stereocenters. The van der Waals surface area contributed by atoms with Gasteiger partial charge in [0.25, 0.3) is 0 Å². The number of carbonyl (C=O) groups is 3. The number of carboxylic acid groups (broad SMARTS) is 1. The second-order valence-electron chi connectivity index (χ2n) is 5.36. The molecule has 27 heavy (non-hydrogen) atoms. The highest BCUT2D eigenvalue weighted by Crippen LogP contribution is 2.06. The van der Waals surface area contributed by atoms with E-state index in [4.69, 9.17) is 14.9 Å². The van der Waals surface area contributed by atoms with Crippen LogP contribution in [0.5, 0.6) is 0 Å². The molecule has 0 amide bonds. The van der Waals surface area contributed by atoms with Gasteiger partial charge in [-0.1, -0.05) is 43.5 Å². The van der Waals surface area contributed by atoms with Gasteiger partial charge in [-0.05, 0) is 25.5 Å². The Bertz CT molecular complexity index is 702. The summed E-state index contributed by atoms with van der Waals surface area (Å²) in [5.41, 5.74) is 1.27. The number of aliphatic carboxylic acids is 1. The fraction of sp³-hybridized carbons (Fsp3) is 0.250. The number of hydrogen-bond acceptors (Lipinski definition) is 6. The highest BCUT2D eigenvalue weighted by atomic mass is 16.5. The molecule has 0 aromatic heterocycles. The molecule has 0 heterocycles. The van der Waals surface area contributed by atoms with E-state index < -0.39 is 17.9 Å². The number of aliphatic hydroxyl groups excluding tert-OH is 1. The predicted molar refractivity (Wildman–Crippen MR) is 99.6 cm³/mol. The normalized spacial score (nSPS) is 10.1. The van der Waals surface area contributed by atoms with Crippen LogP contribution in [0.4, 0.5) is 0 Å². The van der Waals surface area contributed by atoms with Crippen LogP contribution in [-0.2, 0) is 30.5 Å². The van der Waals surface area contributed by atoms with E-state index in [2.05, 4.69) is 17.9 Å². The summed E-state index contributed by atoms with van der Waals surface area (Å²) in [6, 6.07) is 9.20. The largest absolute Gasteiger partial charge is 0.478 e. The maximum Gasteiger partial charge on any atom is 0.337 e. The van der Waals surface area contributed by atoms with E-state index in [0.29, 0.717) is 5.57 Å². The van der Waals surface area contributed by atoms with E-state index in [1.54, 1.807) is 6.92 Å². The Kier molecular flexibility index (Phi) is 11.5. The maximum atomic E-state index is 11.5. The van der Waals surface area contributed by atoms with Gasteiger partial charge in [0.1, 0.15) is 13.2 Å². The molecule has 0 bridgehead atoms. The van der Waals surface area contributed by atoms with Crippen LogP contribution in [-0.4, -0.2) is 41.3 Å². The quantitative estimate of drug-likeness (QED) is 0.407. The minimum absolute atomic E-state index is 0.0193. The molecule has 0 spiro atoms. The van der Waals surface area contributed by atoms with Gasteiger partial charge < -0.3 is 19.7 Å². The number of benzene rings is 1. The minimum Gasteiger partial charge on any atom is -0.478 e. The van der Waals surface area contributed by atoms with E-state index in [0.717, 1.165) is 5.56 Å². The number of esters is 2.